The van der Waals surface area contributed by atoms with Gasteiger partial charge in [-0.3, -0.25) is 4.90 Å². The quantitative estimate of drug-likeness (QED) is 0.862. The fourth-order valence-electron chi connectivity index (χ4n) is 3.29. The molecule has 3 rings (SSSR count). The Morgan fingerprint density at radius 2 is 1.77 bits per heavy atom. The fourth-order valence-corrected chi connectivity index (χ4v) is 3.29. The summed E-state index contributed by atoms with van der Waals surface area (Å²) in [6, 6.07) is 16.4. The summed E-state index contributed by atoms with van der Waals surface area (Å²) in [6.07, 6.45) is 2.82. The second-order valence-corrected chi connectivity index (χ2v) is 6.97. The number of rotatable bonds is 6. The number of hydrogen-bond donors (Lipinski definition) is 1. The van der Waals surface area contributed by atoms with E-state index in [1.54, 1.807) is 7.11 Å². The van der Waals surface area contributed by atoms with Crippen LogP contribution in [-0.2, 0) is 0 Å². The van der Waals surface area contributed by atoms with E-state index in [1.807, 2.05) is 24.3 Å². The molecular formula is C22H28N2O2. The highest BCUT2D eigenvalue weighted by molar-refractivity contribution is 5.68. The van der Waals surface area contributed by atoms with Crippen LogP contribution in [0, 0.1) is 0 Å². The van der Waals surface area contributed by atoms with Gasteiger partial charge in [0.1, 0.15) is 5.75 Å². The van der Waals surface area contributed by atoms with Crippen LogP contribution in [0.2, 0.25) is 0 Å². The van der Waals surface area contributed by atoms with E-state index < -0.39 is 6.10 Å². The molecule has 1 aliphatic heterocycles. The first kappa shape index (κ1) is 18.5. The maximum atomic E-state index is 10.5. The molecule has 0 aliphatic carbocycles. The lowest BCUT2D eigenvalue weighted by molar-refractivity contribution is 0.119. The number of hydrogen-bond acceptors (Lipinski definition) is 4. The molecule has 1 N–H and O–H groups in total. The van der Waals surface area contributed by atoms with Crippen LogP contribution in [-0.4, -0.2) is 50.8 Å². The highest BCUT2D eigenvalue weighted by Gasteiger charge is 2.17. The fraction of sp³-hybridized carbons (Fsp3) is 0.364. The van der Waals surface area contributed by atoms with Crippen LogP contribution in [0.1, 0.15) is 23.7 Å². The first-order valence-corrected chi connectivity index (χ1v) is 9.08. The molecular weight excluding hydrogens is 324 g/mol. The van der Waals surface area contributed by atoms with Crippen LogP contribution < -0.4 is 9.64 Å². The molecule has 0 bridgehead atoms. The van der Waals surface area contributed by atoms with Gasteiger partial charge in [-0.05, 0) is 47.4 Å². The summed E-state index contributed by atoms with van der Waals surface area (Å²) in [5.74, 6) is 0.812. The number of anilines is 1. The second-order valence-electron chi connectivity index (χ2n) is 6.97. The maximum Gasteiger partial charge on any atom is 0.118 e. The largest absolute Gasteiger partial charge is 0.497 e. The Labute approximate surface area is 156 Å². The Bertz CT molecular complexity index is 736. The standard InChI is InChI=1S/C22H28N2O2/c1-23(2)20-8-4-17(5-9-20)18-12-14-24(15-13-18)16-22(25)19-6-10-21(26-3)11-7-19/h4-12,22,25H,13-16H2,1-3H3/t22-/m1/s1. The van der Waals surface area contributed by atoms with E-state index in [1.165, 1.54) is 16.8 Å². The van der Waals surface area contributed by atoms with E-state index in [0.29, 0.717) is 6.54 Å². The molecule has 4 heteroatoms. The van der Waals surface area contributed by atoms with Gasteiger partial charge in [-0.1, -0.05) is 30.3 Å². The zero-order chi connectivity index (χ0) is 18.5. The highest BCUT2D eigenvalue weighted by atomic mass is 16.5. The van der Waals surface area contributed by atoms with Gasteiger partial charge in [0.2, 0.25) is 0 Å². The Morgan fingerprint density at radius 1 is 1.08 bits per heavy atom. The Hall–Kier alpha value is -2.30. The van der Waals surface area contributed by atoms with Crippen LogP contribution in [0.15, 0.2) is 54.6 Å². The molecule has 0 unspecified atom stereocenters. The van der Waals surface area contributed by atoms with Gasteiger partial charge in [0.15, 0.2) is 0 Å². The van der Waals surface area contributed by atoms with Crippen LogP contribution in [0.4, 0.5) is 5.69 Å². The van der Waals surface area contributed by atoms with Gasteiger partial charge < -0.3 is 14.7 Å². The molecule has 1 heterocycles. The number of methoxy groups -OCH3 is 1. The summed E-state index contributed by atoms with van der Waals surface area (Å²) in [4.78, 5) is 4.41. The molecule has 0 amide bonds. The highest BCUT2D eigenvalue weighted by Crippen LogP contribution is 2.26. The summed E-state index contributed by atoms with van der Waals surface area (Å²) < 4.78 is 5.17. The molecule has 2 aromatic rings. The van der Waals surface area contributed by atoms with Crippen molar-refractivity contribution in [2.75, 3.05) is 45.7 Å². The SMILES string of the molecule is COc1ccc([C@H](O)CN2CC=C(c3ccc(N(C)C)cc3)CC2)cc1. The molecule has 26 heavy (non-hydrogen) atoms. The first-order chi connectivity index (χ1) is 12.6. The van der Waals surface area contributed by atoms with Gasteiger partial charge in [-0.25, -0.2) is 0 Å². The van der Waals surface area contributed by atoms with Crippen molar-refractivity contribution >= 4 is 11.3 Å². The van der Waals surface area contributed by atoms with Gasteiger partial charge in [0, 0.05) is 39.4 Å². The van der Waals surface area contributed by atoms with E-state index in [2.05, 4.69) is 54.2 Å². The van der Waals surface area contributed by atoms with Gasteiger partial charge in [-0.2, -0.15) is 0 Å². The molecule has 1 atom stereocenters. The molecule has 138 valence electrons. The third-order valence-electron chi connectivity index (χ3n) is 4.98. The van der Waals surface area contributed by atoms with Crippen LogP contribution >= 0.6 is 0 Å². The van der Waals surface area contributed by atoms with Crippen molar-refractivity contribution < 1.29 is 9.84 Å². The normalized spacial score (nSPS) is 16.1. The Balaban J connectivity index is 1.58. The third-order valence-corrected chi connectivity index (χ3v) is 4.98. The molecule has 4 nitrogen and oxygen atoms in total. The van der Waals surface area contributed by atoms with Crippen molar-refractivity contribution in [3.63, 3.8) is 0 Å². The van der Waals surface area contributed by atoms with Crippen molar-refractivity contribution in [2.45, 2.75) is 12.5 Å². The molecule has 0 radical (unpaired) electrons. The van der Waals surface area contributed by atoms with Gasteiger partial charge in [0.05, 0.1) is 13.2 Å². The smallest absolute Gasteiger partial charge is 0.118 e. The first-order valence-electron chi connectivity index (χ1n) is 9.08. The Morgan fingerprint density at radius 3 is 2.31 bits per heavy atom. The van der Waals surface area contributed by atoms with Crippen molar-refractivity contribution in [3.05, 3.63) is 65.7 Å². The van der Waals surface area contributed by atoms with Crippen molar-refractivity contribution in [1.29, 1.82) is 0 Å². The molecule has 0 spiro atoms. The average molecular weight is 352 g/mol. The summed E-state index contributed by atoms with van der Waals surface area (Å²) >= 11 is 0. The van der Waals surface area contributed by atoms with Crippen LogP contribution in [0.25, 0.3) is 5.57 Å². The monoisotopic (exact) mass is 352 g/mol. The number of aliphatic hydroxyl groups is 1. The number of benzene rings is 2. The predicted octanol–water partition coefficient (Wildman–Crippen LogP) is 3.58. The lowest BCUT2D eigenvalue weighted by atomic mass is 9.98. The summed E-state index contributed by atoms with van der Waals surface area (Å²) in [6.45, 7) is 2.49. The maximum absolute atomic E-state index is 10.5. The minimum Gasteiger partial charge on any atom is -0.497 e. The lowest BCUT2D eigenvalue weighted by Gasteiger charge is -2.28. The van der Waals surface area contributed by atoms with E-state index >= 15 is 0 Å². The predicted molar refractivity (Wildman–Crippen MR) is 108 cm³/mol. The van der Waals surface area contributed by atoms with Crippen LogP contribution in [0.5, 0.6) is 5.75 Å². The average Bonchev–Trinajstić information content (AvgIpc) is 2.68. The number of ether oxygens (including phenoxy) is 1. The molecule has 2 aromatic carbocycles. The minimum absolute atomic E-state index is 0.477. The zero-order valence-corrected chi connectivity index (χ0v) is 15.9. The van der Waals surface area contributed by atoms with Crippen molar-refractivity contribution in [1.82, 2.24) is 4.90 Å². The molecule has 0 saturated heterocycles. The molecule has 0 saturated carbocycles. The van der Waals surface area contributed by atoms with Gasteiger partial charge in [-0.15, -0.1) is 0 Å². The number of nitrogens with zero attached hydrogens (tertiary/aromatic N) is 2. The minimum atomic E-state index is -0.477. The van der Waals surface area contributed by atoms with E-state index in [0.717, 1.165) is 30.8 Å². The number of β-amino-alcohol motifs (C(OH)–C–C–N with tert-alkyl or cyclic N) is 1. The van der Waals surface area contributed by atoms with Gasteiger partial charge in [0.25, 0.3) is 0 Å². The zero-order valence-electron chi connectivity index (χ0n) is 15.9. The lowest BCUT2D eigenvalue weighted by Crippen LogP contribution is -2.32. The molecule has 1 aliphatic rings. The van der Waals surface area contributed by atoms with Gasteiger partial charge >= 0.3 is 0 Å². The number of aliphatic hydroxyl groups excluding tert-OH is 1. The summed E-state index contributed by atoms with van der Waals surface area (Å²) in [7, 11) is 5.76. The topological polar surface area (TPSA) is 35.9 Å². The molecule has 0 fully saturated rings. The Kier molecular flexibility index (Phi) is 5.96. The van der Waals surface area contributed by atoms with E-state index in [4.69, 9.17) is 4.74 Å². The third kappa shape index (κ3) is 4.45. The van der Waals surface area contributed by atoms with E-state index in [-0.39, 0.29) is 0 Å². The van der Waals surface area contributed by atoms with Crippen molar-refractivity contribution in [3.8, 4) is 5.75 Å². The van der Waals surface area contributed by atoms with Crippen molar-refractivity contribution in [2.24, 2.45) is 0 Å². The van der Waals surface area contributed by atoms with Crippen LogP contribution in [0.3, 0.4) is 0 Å². The summed E-state index contributed by atoms with van der Waals surface area (Å²) in [5, 5.41) is 10.5. The molecule has 0 aromatic heterocycles. The summed E-state index contributed by atoms with van der Waals surface area (Å²) in [5.41, 5.74) is 4.84. The van der Waals surface area contributed by atoms with E-state index in [9.17, 15) is 5.11 Å². The second kappa shape index (κ2) is 8.39.